The van der Waals surface area contributed by atoms with E-state index in [4.69, 9.17) is 5.73 Å². The van der Waals surface area contributed by atoms with E-state index in [2.05, 4.69) is 0 Å². The Morgan fingerprint density at radius 3 is 2.50 bits per heavy atom. The van der Waals surface area contributed by atoms with E-state index < -0.39 is 11.7 Å². The zero-order valence-corrected chi connectivity index (χ0v) is 7.75. The topological polar surface area (TPSA) is 26.0 Å². The van der Waals surface area contributed by atoms with E-state index in [1.165, 1.54) is 17.4 Å². The first-order valence-corrected chi connectivity index (χ1v) is 4.65. The van der Waals surface area contributed by atoms with E-state index in [-0.39, 0.29) is 0 Å². The molecule has 0 amide bonds. The van der Waals surface area contributed by atoms with E-state index in [0.717, 1.165) is 16.8 Å². The number of nitrogen functional groups attached to an aromatic ring is 1. The molecule has 14 heavy (non-hydrogen) atoms. The summed E-state index contributed by atoms with van der Waals surface area (Å²) in [5.74, 6) is 0. The molecule has 0 aliphatic heterocycles. The second-order valence-electron chi connectivity index (χ2n) is 2.90. The van der Waals surface area contributed by atoms with Gasteiger partial charge in [-0.05, 0) is 29.7 Å². The van der Waals surface area contributed by atoms with Crippen LogP contribution in [0.5, 0.6) is 0 Å². The molecule has 2 N–H and O–H groups in total. The van der Waals surface area contributed by atoms with Crippen molar-refractivity contribution in [3.05, 3.63) is 29.8 Å². The quantitative estimate of drug-likeness (QED) is 0.718. The molecular weight excluding hydrogens is 211 g/mol. The van der Waals surface area contributed by atoms with Gasteiger partial charge in [0.05, 0.1) is 10.6 Å². The van der Waals surface area contributed by atoms with Crippen LogP contribution in [0.4, 0.5) is 18.2 Å². The number of hydrogen-bond donors (Lipinski definition) is 1. The summed E-state index contributed by atoms with van der Waals surface area (Å²) in [6, 6.07) is 5.18. The first-order valence-electron chi connectivity index (χ1n) is 3.83. The summed E-state index contributed by atoms with van der Waals surface area (Å²) in [6.07, 6.45) is -4.29. The third-order valence-electron chi connectivity index (χ3n) is 1.86. The van der Waals surface area contributed by atoms with Gasteiger partial charge in [-0.2, -0.15) is 13.2 Å². The Hall–Kier alpha value is -1.23. The highest BCUT2D eigenvalue weighted by Gasteiger charge is 2.30. The summed E-state index contributed by atoms with van der Waals surface area (Å²) in [4.78, 5) is 0. The zero-order valence-electron chi connectivity index (χ0n) is 6.93. The van der Waals surface area contributed by atoms with Crippen LogP contribution in [0.15, 0.2) is 24.3 Å². The van der Waals surface area contributed by atoms with Crippen molar-refractivity contribution in [3.63, 3.8) is 0 Å². The SMILES string of the molecule is Nc1cc2cc(C(F)(F)F)ccc2s1. The van der Waals surface area contributed by atoms with Crippen LogP contribution in [0.2, 0.25) is 0 Å². The van der Waals surface area contributed by atoms with Gasteiger partial charge in [-0.1, -0.05) is 0 Å². The molecule has 0 fully saturated rings. The highest BCUT2D eigenvalue weighted by molar-refractivity contribution is 7.22. The molecular formula is C9H6F3NS. The van der Waals surface area contributed by atoms with Crippen LogP contribution in [0.1, 0.15) is 5.56 Å². The average Bonchev–Trinajstić information content (AvgIpc) is 2.41. The number of fused-ring (bicyclic) bond motifs is 1. The molecule has 0 unspecified atom stereocenters. The average molecular weight is 217 g/mol. The number of anilines is 1. The molecule has 1 aromatic carbocycles. The Morgan fingerprint density at radius 2 is 1.86 bits per heavy atom. The van der Waals surface area contributed by atoms with Gasteiger partial charge in [0.1, 0.15) is 0 Å². The van der Waals surface area contributed by atoms with Crippen molar-refractivity contribution in [2.75, 3.05) is 5.73 Å². The van der Waals surface area contributed by atoms with E-state index in [9.17, 15) is 13.2 Å². The second-order valence-corrected chi connectivity index (χ2v) is 4.01. The van der Waals surface area contributed by atoms with Crippen molar-refractivity contribution < 1.29 is 13.2 Å². The molecule has 0 atom stereocenters. The van der Waals surface area contributed by atoms with E-state index in [1.807, 2.05) is 0 Å². The molecule has 5 heteroatoms. The monoisotopic (exact) mass is 217 g/mol. The van der Waals surface area contributed by atoms with Gasteiger partial charge in [-0.25, -0.2) is 0 Å². The van der Waals surface area contributed by atoms with Crippen LogP contribution in [-0.4, -0.2) is 0 Å². The molecule has 0 radical (unpaired) electrons. The maximum absolute atomic E-state index is 12.3. The van der Waals surface area contributed by atoms with Crippen LogP contribution >= 0.6 is 11.3 Å². The molecule has 2 aromatic rings. The fourth-order valence-electron chi connectivity index (χ4n) is 1.24. The number of thiophene rings is 1. The van der Waals surface area contributed by atoms with Gasteiger partial charge in [-0.15, -0.1) is 11.3 Å². The lowest BCUT2D eigenvalue weighted by Crippen LogP contribution is -2.03. The molecule has 1 nitrogen and oxygen atoms in total. The predicted molar refractivity (Wildman–Crippen MR) is 51.2 cm³/mol. The molecule has 0 aliphatic carbocycles. The van der Waals surface area contributed by atoms with Gasteiger partial charge in [0.25, 0.3) is 0 Å². The van der Waals surface area contributed by atoms with Gasteiger partial charge in [0.15, 0.2) is 0 Å². The van der Waals surface area contributed by atoms with Gasteiger partial charge in [0, 0.05) is 4.70 Å². The van der Waals surface area contributed by atoms with Crippen molar-refractivity contribution in [1.82, 2.24) is 0 Å². The number of halogens is 3. The molecule has 1 aromatic heterocycles. The van der Waals surface area contributed by atoms with Gasteiger partial charge in [-0.3, -0.25) is 0 Å². The van der Waals surface area contributed by atoms with E-state index in [0.29, 0.717) is 10.4 Å². The minimum Gasteiger partial charge on any atom is -0.391 e. The lowest BCUT2D eigenvalue weighted by Gasteiger charge is -2.05. The van der Waals surface area contributed by atoms with Crippen LogP contribution in [-0.2, 0) is 6.18 Å². The lowest BCUT2D eigenvalue weighted by molar-refractivity contribution is -0.137. The minimum absolute atomic E-state index is 0.527. The van der Waals surface area contributed by atoms with Crippen molar-refractivity contribution >= 4 is 26.4 Å². The normalized spacial score (nSPS) is 12.2. The Labute approximate surface area is 82.0 Å². The Morgan fingerprint density at radius 1 is 1.14 bits per heavy atom. The minimum atomic E-state index is -4.29. The van der Waals surface area contributed by atoms with Crippen molar-refractivity contribution in [2.45, 2.75) is 6.18 Å². The first-order chi connectivity index (χ1) is 6.47. The Balaban J connectivity index is 2.62. The molecule has 2 rings (SSSR count). The van der Waals surface area contributed by atoms with Crippen LogP contribution in [0.3, 0.4) is 0 Å². The van der Waals surface area contributed by atoms with E-state index in [1.54, 1.807) is 6.07 Å². The van der Waals surface area contributed by atoms with Crippen molar-refractivity contribution in [1.29, 1.82) is 0 Å². The molecule has 0 saturated heterocycles. The van der Waals surface area contributed by atoms with Gasteiger partial charge in [0.2, 0.25) is 0 Å². The maximum atomic E-state index is 12.3. The lowest BCUT2D eigenvalue weighted by atomic mass is 10.1. The number of alkyl halides is 3. The largest absolute Gasteiger partial charge is 0.416 e. The molecule has 0 bridgehead atoms. The second kappa shape index (κ2) is 2.88. The highest BCUT2D eigenvalue weighted by atomic mass is 32.1. The predicted octanol–water partition coefficient (Wildman–Crippen LogP) is 3.50. The molecule has 74 valence electrons. The first kappa shape index (κ1) is 9.33. The standard InChI is InChI=1S/C9H6F3NS/c10-9(11,12)6-1-2-7-5(3-6)4-8(13)14-7/h1-4H,13H2. The van der Waals surface area contributed by atoms with Crippen molar-refractivity contribution in [2.24, 2.45) is 0 Å². The third-order valence-corrected chi connectivity index (χ3v) is 2.81. The third kappa shape index (κ3) is 1.55. The van der Waals surface area contributed by atoms with E-state index >= 15 is 0 Å². The molecule has 0 aliphatic rings. The summed E-state index contributed by atoms with van der Waals surface area (Å²) in [7, 11) is 0. The summed E-state index contributed by atoms with van der Waals surface area (Å²) in [6.45, 7) is 0. The summed E-state index contributed by atoms with van der Waals surface area (Å²) < 4.78 is 37.7. The fraction of sp³-hybridized carbons (Fsp3) is 0.111. The summed E-state index contributed by atoms with van der Waals surface area (Å²) >= 11 is 1.28. The maximum Gasteiger partial charge on any atom is 0.416 e. The molecule has 1 heterocycles. The van der Waals surface area contributed by atoms with Gasteiger partial charge >= 0.3 is 6.18 Å². The number of rotatable bonds is 0. The molecule has 0 spiro atoms. The Kier molecular flexibility index (Phi) is 1.92. The summed E-state index contributed by atoms with van der Waals surface area (Å²) in [5, 5.41) is 1.07. The van der Waals surface area contributed by atoms with Crippen molar-refractivity contribution in [3.8, 4) is 0 Å². The van der Waals surface area contributed by atoms with Crippen LogP contribution in [0, 0.1) is 0 Å². The highest BCUT2D eigenvalue weighted by Crippen LogP contribution is 2.34. The van der Waals surface area contributed by atoms with Crippen LogP contribution in [0.25, 0.3) is 10.1 Å². The number of hydrogen-bond acceptors (Lipinski definition) is 2. The fourth-order valence-corrected chi connectivity index (χ4v) is 2.05. The van der Waals surface area contributed by atoms with Crippen LogP contribution < -0.4 is 5.73 Å². The Bertz CT molecular complexity index is 472. The molecule has 0 saturated carbocycles. The summed E-state index contributed by atoms with van der Waals surface area (Å²) in [5.41, 5.74) is 4.85. The number of nitrogens with two attached hydrogens (primary N) is 1. The van der Waals surface area contributed by atoms with Gasteiger partial charge < -0.3 is 5.73 Å². The number of benzene rings is 1. The smallest absolute Gasteiger partial charge is 0.391 e. The zero-order chi connectivity index (χ0) is 10.3.